The Hall–Kier alpha value is -2.15. The van der Waals surface area contributed by atoms with Gasteiger partial charge in [0.2, 0.25) is 5.91 Å². The standard InChI is InChI=1S/C13H17N3O4/c1-2-14-11-7-10(3-4-12(11)16(18)19)8-15-5-6-20-9-13(15)17/h3-4,7,14H,2,5-6,8-9H2,1H3. The highest BCUT2D eigenvalue weighted by atomic mass is 16.6. The molecular formula is C13H17N3O4. The number of nitro benzene ring substituents is 1. The van der Waals surface area contributed by atoms with Crippen LogP contribution in [0.2, 0.25) is 0 Å². The van der Waals surface area contributed by atoms with E-state index < -0.39 is 4.92 Å². The first-order valence-corrected chi connectivity index (χ1v) is 6.48. The lowest BCUT2D eigenvalue weighted by atomic mass is 10.1. The predicted octanol–water partition coefficient (Wildman–Crippen LogP) is 1.39. The van der Waals surface area contributed by atoms with Gasteiger partial charge in [-0.25, -0.2) is 0 Å². The van der Waals surface area contributed by atoms with Crippen molar-refractivity contribution in [3.05, 3.63) is 33.9 Å². The van der Waals surface area contributed by atoms with Gasteiger partial charge in [-0.05, 0) is 18.6 Å². The number of hydrogen-bond acceptors (Lipinski definition) is 5. The summed E-state index contributed by atoms with van der Waals surface area (Å²) in [5.74, 6) is -0.0559. The molecule has 1 aromatic rings. The quantitative estimate of drug-likeness (QED) is 0.650. The topological polar surface area (TPSA) is 84.7 Å². The maximum Gasteiger partial charge on any atom is 0.292 e. The lowest BCUT2D eigenvalue weighted by molar-refractivity contribution is -0.384. The molecule has 1 saturated heterocycles. The molecule has 1 amide bonds. The average molecular weight is 279 g/mol. The third-order valence-electron chi connectivity index (χ3n) is 3.08. The third-order valence-corrected chi connectivity index (χ3v) is 3.08. The fourth-order valence-corrected chi connectivity index (χ4v) is 2.11. The summed E-state index contributed by atoms with van der Waals surface area (Å²) in [6.45, 7) is 4.10. The minimum atomic E-state index is -0.415. The first-order chi connectivity index (χ1) is 9.61. The number of nitro groups is 1. The molecule has 0 radical (unpaired) electrons. The number of rotatable bonds is 5. The Balaban J connectivity index is 2.17. The number of amides is 1. The summed E-state index contributed by atoms with van der Waals surface area (Å²) in [6, 6.07) is 4.88. The van der Waals surface area contributed by atoms with E-state index in [1.54, 1.807) is 17.0 Å². The van der Waals surface area contributed by atoms with Crippen LogP contribution in [-0.4, -0.2) is 42.0 Å². The average Bonchev–Trinajstić information content (AvgIpc) is 2.42. The van der Waals surface area contributed by atoms with Gasteiger partial charge in [-0.2, -0.15) is 0 Å². The van der Waals surface area contributed by atoms with Gasteiger partial charge < -0.3 is 15.0 Å². The number of anilines is 1. The van der Waals surface area contributed by atoms with Crippen molar-refractivity contribution in [2.45, 2.75) is 13.5 Å². The first-order valence-electron chi connectivity index (χ1n) is 6.48. The van der Waals surface area contributed by atoms with Crippen molar-refractivity contribution in [2.75, 3.05) is 31.6 Å². The van der Waals surface area contributed by atoms with E-state index in [1.807, 2.05) is 6.92 Å². The van der Waals surface area contributed by atoms with Gasteiger partial charge in [0.05, 0.1) is 11.5 Å². The minimum Gasteiger partial charge on any atom is -0.380 e. The Morgan fingerprint density at radius 3 is 2.95 bits per heavy atom. The zero-order valence-corrected chi connectivity index (χ0v) is 11.3. The van der Waals surface area contributed by atoms with Crippen molar-refractivity contribution in [3.8, 4) is 0 Å². The molecule has 20 heavy (non-hydrogen) atoms. The molecule has 0 spiro atoms. The molecule has 0 bridgehead atoms. The molecule has 7 heteroatoms. The van der Waals surface area contributed by atoms with Crippen LogP contribution in [0.15, 0.2) is 18.2 Å². The van der Waals surface area contributed by atoms with E-state index in [2.05, 4.69) is 5.32 Å². The highest BCUT2D eigenvalue weighted by Crippen LogP contribution is 2.26. The Bertz CT molecular complexity index is 518. The number of carbonyl (C=O) groups is 1. The minimum absolute atomic E-state index is 0.0453. The van der Waals surface area contributed by atoms with Crippen molar-refractivity contribution in [1.29, 1.82) is 0 Å². The molecule has 2 rings (SSSR count). The second kappa shape index (κ2) is 6.33. The van der Waals surface area contributed by atoms with Crippen molar-refractivity contribution >= 4 is 17.3 Å². The summed E-state index contributed by atoms with van der Waals surface area (Å²) in [4.78, 5) is 23.9. The van der Waals surface area contributed by atoms with Crippen LogP contribution in [-0.2, 0) is 16.1 Å². The van der Waals surface area contributed by atoms with Crippen molar-refractivity contribution in [3.63, 3.8) is 0 Å². The molecule has 0 aromatic heterocycles. The lowest BCUT2D eigenvalue weighted by Gasteiger charge is -2.26. The van der Waals surface area contributed by atoms with Crippen LogP contribution in [0, 0.1) is 10.1 Å². The Labute approximate surface area is 116 Å². The van der Waals surface area contributed by atoms with Gasteiger partial charge in [0.25, 0.3) is 5.69 Å². The van der Waals surface area contributed by atoms with E-state index in [-0.39, 0.29) is 18.2 Å². The lowest BCUT2D eigenvalue weighted by Crippen LogP contribution is -2.40. The van der Waals surface area contributed by atoms with Crippen LogP contribution >= 0.6 is 0 Å². The number of carbonyl (C=O) groups excluding carboxylic acids is 1. The molecule has 1 heterocycles. The second-order valence-corrected chi connectivity index (χ2v) is 4.51. The molecule has 0 saturated carbocycles. The Kier molecular flexibility index (Phi) is 4.52. The Morgan fingerprint density at radius 1 is 1.50 bits per heavy atom. The normalized spacial score (nSPS) is 15.2. The van der Waals surface area contributed by atoms with Gasteiger partial charge in [0.15, 0.2) is 0 Å². The predicted molar refractivity (Wildman–Crippen MR) is 73.5 cm³/mol. The summed E-state index contributed by atoms with van der Waals surface area (Å²) in [5, 5.41) is 13.9. The van der Waals surface area contributed by atoms with Gasteiger partial charge >= 0.3 is 0 Å². The zero-order valence-electron chi connectivity index (χ0n) is 11.3. The molecule has 1 aliphatic rings. The van der Waals surface area contributed by atoms with Gasteiger partial charge in [0.1, 0.15) is 12.3 Å². The molecule has 7 nitrogen and oxygen atoms in total. The van der Waals surface area contributed by atoms with Crippen LogP contribution < -0.4 is 5.32 Å². The maximum atomic E-state index is 11.7. The molecule has 0 aliphatic carbocycles. The monoisotopic (exact) mass is 279 g/mol. The number of morpholine rings is 1. The van der Waals surface area contributed by atoms with E-state index in [1.165, 1.54) is 6.07 Å². The van der Waals surface area contributed by atoms with E-state index in [0.717, 1.165) is 5.56 Å². The number of benzene rings is 1. The summed E-state index contributed by atoms with van der Waals surface area (Å²) in [7, 11) is 0. The second-order valence-electron chi connectivity index (χ2n) is 4.51. The van der Waals surface area contributed by atoms with Gasteiger partial charge in [-0.15, -0.1) is 0 Å². The maximum absolute atomic E-state index is 11.7. The van der Waals surface area contributed by atoms with E-state index in [9.17, 15) is 14.9 Å². The summed E-state index contributed by atoms with van der Waals surface area (Å²) >= 11 is 0. The van der Waals surface area contributed by atoms with Crippen molar-refractivity contribution < 1.29 is 14.5 Å². The highest BCUT2D eigenvalue weighted by molar-refractivity contribution is 5.78. The number of nitrogens with one attached hydrogen (secondary N) is 1. The molecular weight excluding hydrogens is 262 g/mol. The molecule has 1 fully saturated rings. The summed E-state index contributed by atoms with van der Waals surface area (Å²) in [5.41, 5.74) is 1.39. The Morgan fingerprint density at radius 2 is 2.30 bits per heavy atom. The SMILES string of the molecule is CCNc1cc(CN2CCOCC2=O)ccc1[N+](=O)[O-]. The van der Waals surface area contributed by atoms with Crippen LogP contribution in [0.1, 0.15) is 12.5 Å². The van der Waals surface area contributed by atoms with E-state index in [4.69, 9.17) is 4.74 Å². The van der Waals surface area contributed by atoms with Gasteiger partial charge in [-0.1, -0.05) is 6.07 Å². The molecule has 1 aromatic carbocycles. The summed E-state index contributed by atoms with van der Waals surface area (Å²) < 4.78 is 5.07. The fourth-order valence-electron chi connectivity index (χ4n) is 2.11. The number of hydrogen-bond donors (Lipinski definition) is 1. The zero-order chi connectivity index (χ0) is 14.5. The summed E-state index contributed by atoms with van der Waals surface area (Å²) in [6.07, 6.45) is 0. The highest BCUT2D eigenvalue weighted by Gasteiger charge is 2.20. The van der Waals surface area contributed by atoms with E-state index >= 15 is 0 Å². The van der Waals surface area contributed by atoms with Crippen molar-refractivity contribution in [1.82, 2.24) is 4.90 Å². The first kappa shape index (κ1) is 14.3. The van der Waals surface area contributed by atoms with Crippen LogP contribution in [0.3, 0.4) is 0 Å². The molecule has 1 N–H and O–H groups in total. The van der Waals surface area contributed by atoms with Crippen LogP contribution in [0.25, 0.3) is 0 Å². The van der Waals surface area contributed by atoms with Gasteiger partial charge in [-0.3, -0.25) is 14.9 Å². The van der Waals surface area contributed by atoms with Crippen LogP contribution in [0.4, 0.5) is 11.4 Å². The largest absolute Gasteiger partial charge is 0.380 e. The number of ether oxygens (including phenoxy) is 1. The van der Waals surface area contributed by atoms with Gasteiger partial charge in [0, 0.05) is 25.7 Å². The van der Waals surface area contributed by atoms with E-state index in [0.29, 0.717) is 31.9 Å². The molecule has 0 atom stereocenters. The fraction of sp³-hybridized carbons (Fsp3) is 0.462. The molecule has 1 aliphatic heterocycles. The smallest absolute Gasteiger partial charge is 0.292 e. The van der Waals surface area contributed by atoms with Crippen molar-refractivity contribution in [2.24, 2.45) is 0 Å². The third kappa shape index (κ3) is 3.24. The number of nitrogens with zero attached hydrogens (tertiary/aromatic N) is 2. The van der Waals surface area contributed by atoms with Crippen LogP contribution in [0.5, 0.6) is 0 Å². The molecule has 108 valence electrons. The molecule has 0 unspecified atom stereocenters.